The van der Waals surface area contributed by atoms with E-state index >= 15 is 0 Å². The fourth-order valence-electron chi connectivity index (χ4n) is 2.03. The second-order valence-corrected chi connectivity index (χ2v) is 6.58. The molecule has 2 aromatic carbocycles. The summed E-state index contributed by atoms with van der Waals surface area (Å²) in [6.45, 7) is 0.569. The van der Waals surface area contributed by atoms with E-state index in [0.717, 1.165) is 10.0 Å². The fourth-order valence-corrected chi connectivity index (χ4v) is 2.95. The molecule has 0 aliphatic heterocycles. The molecule has 0 saturated carbocycles. The van der Waals surface area contributed by atoms with Crippen LogP contribution in [0.25, 0.3) is 0 Å². The summed E-state index contributed by atoms with van der Waals surface area (Å²) in [6, 6.07) is 13.5. The Balaban J connectivity index is 2.11. The third-order valence-corrected chi connectivity index (χ3v) is 4.29. The van der Waals surface area contributed by atoms with E-state index < -0.39 is 0 Å². The van der Waals surface area contributed by atoms with Crippen molar-refractivity contribution < 1.29 is 4.79 Å². The molecule has 0 heterocycles. The number of carbonyl (C=O) groups is 1. The van der Waals surface area contributed by atoms with Crippen molar-refractivity contribution in [1.82, 2.24) is 4.90 Å². The number of nitrogens with zero attached hydrogens (tertiary/aromatic N) is 1. The maximum absolute atomic E-state index is 12.4. The Bertz CT molecular complexity index is 623. The van der Waals surface area contributed by atoms with Gasteiger partial charge in [0.1, 0.15) is 0 Å². The topological polar surface area (TPSA) is 46.3 Å². The molecule has 2 N–H and O–H groups in total. The Morgan fingerprint density at radius 3 is 2.48 bits per heavy atom. The molecule has 0 aromatic heterocycles. The number of hydrogen-bond acceptors (Lipinski definition) is 3. The van der Waals surface area contributed by atoms with Gasteiger partial charge in [-0.05, 0) is 42.2 Å². The first kappa shape index (κ1) is 15.9. The molecule has 0 fully saturated rings. The molecular weight excluding hydrogens is 348 g/mol. The average Bonchev–Trinajstić information content (AvgIpc) is 2.46. The van der Waals surface area contributed by atoms with Gasteiger partial charge in [0, 0.05) is 34.2 Å². The number of hydrogen-bond donors (Lipinski definition) is 1. The number of thioether (sulfide) groups is 1. The van der Waals surface area contributed by atoms with Crippen LogP contribution in [0, 0.1) is 0 Å². The number of rotatable bonds is 4. The minimum atomic E-state index is -0.0445. The molecule has 3 nitrogen and oxygen atoms in total. The van der Waals surface area contributed by atoms with Crippen molar-refractivity contribution in [1.29, 1.82) is 0 Å². The largest absolute Gasteiger partial charge is 0.399 e. The summed E-state index contributed by atoms with van der Waals surface area (Å²) in [5.41, 5.74) is 8.04. The van der Waals surface area contributed by atoms with Gasteiger partial charge in [0.05, 0.1) is 0 Å². The summed E-state index contributed by atoms with van der Waals surface area (Å²) in [7, 11) is 1.79. The van der Waals surface area contributed by atoms with Gasteiger partial charge in [0.15, 0.2) is 0 Å². The minimum Gasteiger partial charge on any atom is -0.399 e. The lowest BCUT2D eigenvalue weighted by molar-refractivity contribution is 0.0785. The van der Waals surface area contributed by atoms with Gasteiger partial charge in [-0.1, -0.05) is 28.1 Å². The number of nitrogen functional groups attached to an aromatic ring is 1. The fraction of sp³-hybridized carbons (Fsp3) is 0.188. The van der Waals surface area contributed by atoms with Gasteiger partial charge in [-0.2, -0.15) is 0 Å². The highest BCUT2D eigenvalue weighted by molar-refractivity contribution is 9.10. The molecule has 2 aromatic rings. The van der Waals surface area contributed by atoms with Crippen LogP contribution in [0.5, 0.6) is 0 Å². The summed E-state index contributed by atoms with van der Waals surface area (Å²) < 4.78 is 0.809. The predicted octanol–water partition coefficient (Wildman–Crippen LogP) is 4.03. The van der Waals surface area contributed by atoms with Crippen LogP contribution in [-0.4, -0.2) is 24.1 Å². The molecule has 0 radical (unpaired) electrons. The molecule has 0 aliphatic carbocycles. The van der Waals surface area contributed by atoms with Gasteiger partial charge in [-0.3, -0.25) is 4.79 Å². The van der Waals surface area contributed by atoms with Crippen molar-refractivity contribution in [3.8, 4) is 0 Å². The predicted molar refractivity (Wildman–Crippen MR) is 92.6 cm³/mol. The number of amides is 1. The van der Waals surface area contributed by atoms with Gasteiger partial charge in [0.25, 0.3) is 5.91 Å². The van der Waals surface area contributed by atoms with Crippen molar-refractivity contribution in [2.24, 2.45) is 0 Å². The normalized spacial score (nSPS) is 10.4. The highest BCUT2D eigenvalue weighted by atomic mass is 79.9. The zero-order valence-electron chi connectivity index (χ0n) is 12.0. The third kappa shape index (κ3) is 4.25. The zero-order valence-corrected chi connectivity index (χ0v) is 14.4. The summed E-state index contributed by atoms with van der Waals surface area (Å²) >= 11 is 5.06. The van der Waals surface area contributed by atoms with Gasteiger partial charge in [-0.15, -0.1) is 11.8 Å². The molecule has 0 spiro atoms. The molecule has 2 rings (SSSR count). The summed E-state index contributed by atoms with van der Waals surface area (Å²) in [5, 5.41) is 0. The van der Waals surface area contributed by atoms with E-state index in [1.165, 1.54) is 4.90 Å². The first-order valence-corrected chi connectivity index (χ1v) is 8.46. The van der Waals surface area contributed by atoms with Crippen LogP contribution >= 0.6 is 27.7 Å². The molecule has 0 saturated heterocycles. The quantitative estimate of drug-likeness (QED) is 0.658. The van der Waals surface area contributed by atoms with Crippen LogP contribution in [0.4, 0.5) is 5.69 Å². The lowest BCUT2D eigenvalue weighted by Gasteiger charge is -2.18. The lowest BCUT2D eigenvalue weighted by atomic mass is 10.1. The minimum absolute atomic E-state index is 0.0445. The van der Waals surface area contributed by atoms with Crippen LogP contribution in [0.1, 0.15) is 15.9 Å². The second-order valence-electron chi connectivity index (χ2n) is 4.78. The second kappa shape index (κ2) is 7.00. The summed E-state index contributed by atoms with van der Waals surface area (Å²) in [4.78, 5) is 15.3. The SMILES string of the molecule is CSc1ccc(CN(C)C(=O)c2cc(N)cc(Br)c2)cc1. The molecule has 5 heteroatoms. The lowest BCUT2D eigenvalue weighted by Crippen LogP contribution is -2.26. The Morgan fingerprint density at radius 1 is 1.24 bits per heavy atom. The van der Waals surface area contributed by atoms with Crippen molar-refractivity contribution >= 4 is 39.3 Å². The molecular formula is C16H17BrN2OS. The van der Waals surface area contributed by atoms with E-state index in [1.807, 2.05) is 18.4 Å². The maximum atomic E-state index is 12.4. The standard InChI is InChI=1S/C16H17BrN2OS/c1-19(10-11-3-5-15(21-2)6-4-11)16(20)12-7-13(17)9-14(18)8-12/h3-9H,10,18H2,1-2H3. The molecule has 0 aliphatic rings. The smallest absolute Gasteiger partial charge is 0.254 e. The monoisotopic (exact) mass is 364 g/mol. The Labute approximate surface area is 137 Å². The zero-order chi connectivity index (χ0) is 15.4. The maximum Gasteiger partial charge on any atom is 0.254 e. The number of halogens is 1. The van der Waals surface area contributed by atoms with E-state index in [4.69, 9.17) is 5.73 Å². The Morgan fingerprint density at radius 2 is 1.90 bits per heavy atom. The van der Waals surface area contributed by atoms with Crippen LogP contribution < -0.4 is 5.73 Å². The highest BCUT2D eigenvalue weighted by Crippen LogP contribution is 2.20. The summed E-state index contributed by atoms with van der Waals surface area (Å²) in [6.07, 6.45) is 2.04. The first-order chi connectivity index (χ1) is 9.99. The van der Waals surface area contributed by atoms with Crippen LogP contribution in [0.15, 0.2) is 51.8 Å². The number of benzene rings is 2. The van der Waals surface area contributed by atoms with E-state index in [1.54, 1.807) is 41.9 Å². The van der Waals surface area contributed by atoms with Gasteiger partial charge in [0.2, 0.25) is 0 Å². The average molecular weight is 365 g/mol. The number of nitrogens with two attached hydrogens (primary N) is 1. The Kier molecular flexibility index (Phi) is 5.31. The van der Waals surface area contributed by atoms with Crippen LogP contribution in [0.3, 0.4) is 0 Å². The van der Waals surface area contributed by atoms with Crippen molar-refractivity contribution in [2.45, 2.75) is 11.4 Å². The van der Waals surface area contributed by atoms with Crippen molar-refractivity contribution in [3.05, 3.63) is 58.1 Å². The van der Waals surface area contributed by atoms with Crippen molar-refractivity contribution in [2.75, 3.05) is 19.0 Å². The van der Waals surface area contributed by atoms with E-state index in [-0.39, 0.29) is 5.91 Å². The first-order valence-electron chi connectivity index (χ1n) is 6.44. The summed E-state index contributed by atoms with van der Waals surface area (Å²) in [5.74, 6) is -0.0445. The van der Waals surface area contributed by atoms with Gasteiger partial charge >= 0.3 is 0 Å². The molecule has 0 atom stereocenters. The molecule has 21 heavy (non-hydrogen) atoms. The van der Waals surface area contributed by atoms with Crippen molar-refractivity contribution in [3.63, 3.8) is 0 Å². The van der Waals surface area contributed by atoms with E-state index in [2.05, 4.69) is 28.1 Å². The molecule has 0 unspecified atom stereocenters. The third-order valence-electron chi connectivity index (χ3n) is 3.09. The molecule has 0 bridgehead atoms. The number of carbonyl (C=O) groups excluding carboxylic acids is 1. The van der Waals surface area contributed by atoms with Crippen LogP contribution in [-0.2, 0) is 6.54 Å². The van der Waals surface area contributed by atoms with E-state index in [0.29, 0.717) is 17.8 Å². The molecule has 1 amide bonds. The van der Waals surface area contributed by atoms with E-state index in [9.17, 15) is 4.79 Å². The Hall–Kier alpha value is -1.46. The highest BCUT2D eigenvalue weighted by Gasteiger charge is 2.13. The van der Waals surface area contributed by atoms with Gasteiger partial charge in [-0.25, -0.2) is 0 Å². The van der Waals surface area contributed by atoms with Gasteiger partial charge < -0.3 is 10.6 Å². The molecule has 110 valence electrons. The van der Waals surface area contributed by atoms with Crippen LogP contribution in [0.2, 0.25) is 0 Å². The number of anilines is 1.